The van der Waals surface area contributed by atoms with E-state index in [0.29, 0.717) is 34.0 Å². The van der Waals surface area contributed by atoms with Crippen LogP contribution >= 0.6 is 15.9 Å². The Labute approximate surface area is 662 Å². The number of hydrogen-bond acceptors (Lipinski definition) is 9. The van der Waals surface area contributed by atoms with Gasteiger partial charge in [0.1, 0.15) is 39.2 Å². The largest absolute Gasteiger partial charge is 2.00 e. The Kier molecular flexibility index (Phi) is 21.6. The van der Waals surface area contributed by atoms with Gasteiger partial charge in [-0.15, -0.1) is 35.7 Å². The normalized spacial score (nSPS) is 11.6. The molecule has 18 aromatic rings. The van der Waals surface area contributed by atoms with Crippen LogP contribution in [0.5, 0.6) is 34.5 Å². The van der Waals surface area contributed by atoms with Crippen molar-refractivity contribution in [2.45, 2.75) is 60.1 Å². The van der Waals surface area contributed by atoms with E-state index in [-0.39, 0.29) is 37.3 Å². The number of hydrogen-bond donors (Lipinski definition) is 1. The van der Waals surface area contributed by atoms with Gasteiger partial charge in [-0.25, -0.2) is 24.3 Å². The van der Waals surface area contributed by atoms with E-state index in [0.717, 1.165) is 149 Å². The molecular weight excluding hydrogens is 1710 g/mol. The molecule has 0 saturated carbocycles. The van der Waals surface area contributed by atoms with E-state index in [4.69, 9.17) is 14.2 Å². The number of para-hydroxylation sites is 3. The van der Waals surface area contributed by atoms with E-state index in [2.05, 4.69) is 101 Å². The summed E-state index contributed by atoms with van der Waals surface area (Å²) in [6.45, 7) is 11.9. The second-order valence-corrected chi connectivity index (χ2v) is 27.0. The van der Waals surface area contributed by atoms with Crippen LogP contribution in [0.3, 0.4) is 0 Å². The number of benzene rings is 9. The van der Waals surface area contributed by atoms with Crippen LogP contribution in [0.1, 0.15) is 50.9 Å². The number of alkyl halides is 9. The van der Waals surface area contributed by atoms with Gasteiger partial charge in [0, 0.05) is 104 Å². The topological polar surface area (TPSA) is 145 Å². The molecule has 0 saturated heterocycles. The number of pyridine rings is 3. The second-order valence-electron chi connectivity index (χ2n) is 26.2. The van der Waals surface area contributed by atoms with Crippen molar-refractivity contribution in [3.8, 4) is 63.2 Å². The zero-order valence-corrected chi connectivity index (χ0v) is 64.4. The monoisotopic (exact) mass is 1770 g/mol. The summed E-state index contributed by atoms with van der Waals surface area (Å²) < 4.78 is 144. The Morgan fingerprint density at radius 1 is 0.354 bits per heavy atom. The van der Waals surface area contributed by atoms with Gasteiger partial charge in [-0.05, 0) is 190 Å². The maximum absolute atomic E-state index is 13.5. The molecule has 9 aromatic carbocycles. The average molecular weight is 1770 g/mol. The minimum atomic E-state index is -4.49. The van der Waals surface area contributed by atoms with E-state index < -0.39 is 35.2 Å². The number of rotatable bonds is 11. The van der Waals surface area contributed by atoms with E-state index in [1.54, 1.807) is 25.9 Å². The van der Waals surface area contributed by atoms with E-state index in [9.17, 15) is 39.5 Å². The number of H-pyrrole nitrogens is 1. The molecule has 568 valence electrons. The fourth-order valence-electron chi connectivity index (χ4n) is 13.4. The molecule has 9 heterocycles. The number of nitrogens with zero attached hydrogens (tertiary/aromatic N) is 11. The Morgan fingerprint density at radius 3 is 1.35 bits per heavy atom. The SMILES string of the molecule is Cc1cc(C)n(-c2[c-]c(Oc3[c-]c4c(cc3)c3ccccc3n4-c3cc(C(F)(F)F)ccn3)ccc2)n1.Cc1cc(C)n(-c2cccc(Oc3ccc4c(c3)[nH]c3ccccc34)c2)n1.Cc1cc(C)n(-c2cccc(Oc3ccc4c5ccccc5n(-c5cc(C(F)(F)F)ccn5)c4c3)c2)n1.FC(F)(F)c1ccnc(Br)c1.[Pt+2]. The number of halogens is 10. The molecule has 18 rings (SSSR count). The molecule has 0 fully saturated rings. The number of aromatic nitrogens is 12. The number of aromatic amines is 1. The van der Waals surface area contributed by atoms with Crippen molar-refractivity contribution in [2.75, 3.05) is 0 Å². The molecule has 113 heavy (non-hydrogen) atoms. The van der Waals surface area contributed by atoms with Gasteiger partial charge in [-0.2, -0.15) is 66.9 Å². The van der Waals surface area contributed by atoms with Crippen molar-refractivity contribution in [1.82, 2.24) is 58.4 Å². The van der Waals surface area contributed by atoms with E-state index in [1.165, 1.54) is 23.2 Å². The molecule has 0 unspecified atom stereocenters. The van der Waals surface area contributed by atoms with Crippen molar-refractivity contribution in [3.05, 3.63) is 329 Å². The fourth-order valence-corrected chi connectivity index (χ4v) is 13.7. The van der Waals surface area contributed by atoms with Crippen LogP contribution in [-0.4, -0.2) is 58.4 Å². The maximum atomic E-state index is 13.5. The predicted molar refractivity (Wildman–Crippen MR) is 417 cm³/mol. The van der Waals surface area contributed by atoms with Crippen molar-refractivity contribution in [2.24, 2.45) is 0 Å². The summed E-state index contributed by atoms with van der Waals surface area (Å²) in [6.07, 6.45) is -9.79. The van der Waals surface area contributed by atoms with Crippen molar-refractivity contribution >= 4 is 81.3 Å². The molecule has 26 heteroatoms. The molecule has 0 aliphatic rings. The van der Waals surface area contributed by atoms with Gasteiger partial charge in [-0.3, -0.25) is 9.25 Å². The molecule has 0 aliphatic carbocycles. The molecule has 0 amide bonds. The third-order valence-electron chi connectivity index (χ3n) is 18.2. The molecule has 0 radical (unpaired) electrons. The summed E-state index contributed by atoms with van der Waals surface area (Å²) in [5, 5.41) is 19.5. The maximum Gasteiger partial charge on any atom is 2.00 e. The molecule has 0 aliphatic heterocycles. The average Bonchev–Trinajstić information content (AvgIpc) is 1.60. The molecule has 0 bridgehead atoms. The third kappa shape index (κ3) is 16.7. The Hall–Kier alpha value is -12.6. The standard InChI is InChI=1S/C29H21F3N4O.C29H19F3N4O.C23H19N3O.C6H3BrF3N.Pt/c2*1-18-14-19(2)36(34-18)21-6-5-7-22(16-21)37-23-10-11-25-24-8-3-4-9-26(24)35(27(25)17-23)28-15-20(12-13-33-28)29(30,31)32;1-15-12-16(2)26(25-15)17-6-5-7-18(13-17)27-19-10-11-21-20-8-3-4-9-22(20)24-23(21)14-19;7-5-3-4(1-2-11-5)6(8,9)10;/h3-17H,1-2H3;3-15H,1-2H3;3-14,24H,1-2H3;1-3H;/q;-2;;;+2. The number of fused-ring (bicyclic) bond motifs is 9. The molecule has 15 nitrogen and oxygen atoms in total. The van der Waals surface area contributed by atoms with Gasteiger partial charge in [0.2, 0.25) is 0 Å². The van der Waals surface area contributed by atoms with Crippen molar-refractivity contribution < 1.29 is 74.8 Å². The number of nitrogens with one attached hydrogen (secondary N) is 1. The smallest absolute Gasteiger partial charge is 0.509 e. The van der Waals surface area contributed by atoms with Gasteiger partial charge in [0.15, 0.2) is 0 Å². The van der Waals surface area contributed by atoms with Crippen LogP contribution in [0, 0.1) is 53.7 Å². The minimum Gasteiger partial charge on any atom is -0.509 e. The first-order valence-corrected chi connectivity index (χ1v) is 35.6. The van der Waals surface area contributed by atoms with Crippen LogP contribution in [0.4, 0.5) is 39.5 Å². The first-order chi connectivity index (χ1) is 53.7. The predicted octanol–water partition coefficient (Wildman–Crippen LogP) is 24.0. The summed E-state index contributed by atoms with van der Waals surface area (Å²) in [5.41, 5.74) is 11.2. The summed E-state index contributed by atoms with van der Waals surface area (Å²) in [5.74, 6) is 3.94. The van der Waals surface area contributed by atoms with Crippen LogP contribution < -0.4 is 14.2 Å². The van der Waals surface area contributed by atoms with Gasteiger partial charge in [0.25, 0.3) is 0 Å². The number of aryl methyl sites for hydroxylation is 6. The number of ether oxygens (including phenoxy) is 3. The van der Waals surface area contributed by atoms with E-state index >= 15 is 0 Å². The third-order valence-corrected chi connectivity index (χ3v) is 18.6. The van der Waals surface area contributed by atoms with Crippen LogP contribution in [0.2, 0.25) is 0 Å². The molecular formula is C87H62BrF9N12O3Pt. The zero-order valence-electron chi connectivity index (χ0n) is 60.6. The quantitative estimate of drug-likeness (QED) is 0.0760. The van der Waals surface area contributed by atoms with Gasteiger partial charge in [-0.1, -0.05) is 72.2 Å². The fraction of sp³-hybridized carbons (Fsp3) is 0.103. The van der Waals surface area contributed by atoms with Crippen molar-refractivity contribution in [3.63, 3.8) is 0 Å². The van der Waals surface area contributed by atoms with Crippen LogP contribution in [0.25, 0.3) is 94.1 Å². The Balaban J connectivity index is 0.000000132. The Morgan fingerprint density at radius 2 is 0.796 bits per heavy atom. The molecule has 0 atom stereocenters. The van der Waals surface area contributed by atoms with Crippen LogP contribution in [0.15, 0.2) is 266 Å². The first kappa shape index (κ1) is 77.1. The van der Waals surface area contributed by atoms with Crippen molar-refractivity contribution in [1.29, 1.82) is 0 Å². The first-order valence-electron chi connectivity index (χ1n) is 34.8. The second kappa shape index (κ2) is 31.6. The summed E-state index contributed by atoms with van der Waals surface area (Å²) in [6, 6.07) is 78.3. The molecule has 0 spiro atoms. The summed E-state index contributed by atoms with van der Waals surface area (Å²) >= 11 is 2.84. The van der Waals surface area contributed by atoms with Gasteiger partial charge in [0.05, 0.1) is 61.7 Å². The summed E-state index contributed by atoms with van der Waals surface area (Å²) in [4.78, 5) is 15.6. The van der Waals surface area contributed by atoms with E-state index in [1.807, 2.05) is 208 Å². The minimum absolute atomic E-state index is 0. The van der Waals surface area contributed by atoms with Crippen LogP contribution in [-0.2, 0) is 39.6 Å². The zero-order chi connectivity index (χ0) is 78.3. The van der Waals surface area contributed by atoms with Gasteiger partial charge >= 0.3 is 39.6 Å². The Bertz CT molecular complexity index is 6290. The molecule has 1 N–H and O–H groups in total. The molecule has 9 aromatic heterocycles. The summed E-state index contributed by atoms with van der Waals surface area (Å²) in [7, 11) is 0. The van der Waals surface area contributed by atoms with Gasteiger partial charge < -0.3 is 23.8 Å².